The van der Waals surface area contributed by atoms with Gasteiger partial charge in [0.1, 0.15) is 0 Å². The second-order valence-corrected chi connectivity index (χ2v) is 3.66. The molecule has 0 aromatic rings. The van der Waals surface area contributed by atoms with Crippen molar-refractivity contribution in [2.45, 2.75) is 25.9 Å². The summed E-state index contributed by atoms with van der Waals surface area (Å²) in [7, 11) is 0. The first-order valence-electron chi connectivity index (χ1n) is 3.79. The highest BCUT2D eigenvalue weighted by Gasteiger charge is 2.13. The Bertz CT molecular complexity index is 122. The molecule has 1 aliphatic rings. The van der Waals surface area contributed by atoms with Crippen LogP contribution in [0.5, 0.6) is 0 Å². The number of hydrogen-bond acceptors (Lipinski definition) is 2. The Kier molecular flexibility index (Phi) is 3.29. The summed E-state index contributed by atoms with van der Waals surface area (Å²) in [5.74, 6) is 1.79. The standard InChI is InChI=1S/C8H14OS/c1-2-8(9)5-7-3-4-10-6-7/h3-4,7-9H,2,5-6H2,1H3. The van der Waals surface area contributed by atoms with Crippen LogP contribution in [0.2, 0.25) is 0 Å². The van der Waals surface area contributed by atoms with Crippen molar-refractivity contribution in [2.24, 2.45) is 5.92 Å². The second-order valence-electron chi connectivity index (χ2n) is 2.72. The minimum atomic E-state index is -0.0895. The minimum absolute atomic E-state index is 0.0895. The van der Waals surface area contributed by atoms with E-state index in [-0.39, 0.29) is 6.10 Å². The fourth-order valence-electron chi connectivity index (χ4n) is 1.06. The van der Waals surface area contributed by atoms with Crippen molar-refractivity contribution in [2.75, 3.05) is 5.75 Å². The summed E-state index contributed by atoms with van der Waals surface area (Å²) in [6.07, 6.45) is 3.94. The molecule has 0 saturated heterocycles. The van der Waals surface area contributed by atoms with Crippen molar-refractivity contribution < 1.29 is 5.11 Å². The third kappa shape index (κ3) is 2.35. The predicted octanol–water partition coefficient (Wildman–Crippen LogP) is 2.02. The number of rotatable bonds is 3. The van der Waals surface area contributed by atoms with E-state index < -0.39 is 0 Å². The lowest BCUT2D eigenvalue weighted by atomic mass is 10.0. The topological polar surface area (TPSA) is 20.2 Å². The molecule has 1 N–H and O–H groups in total. The number of aliphatic hydroxyl groups is 1. The molecule has 10 heavy (non-hydrogen) atoms. The molecule has 58 valence electrons. The van der Waals surface area contributed by atoms with E-state index >= 15 is 0 Å². The molecule has 2 atom stereocenters. The van der Waals surface area contributed by atoms with Crippen LogP contribution in [0.25, 0.3) is 0 Å². The molecular weight excluding hydrogens is 144 g/mol. The van der Waals surface area contributed by atoms with E-state index in [1.54, 1.807) is 0 Å². The average Bonchev–Trinajstić information content (AvgIpc) is 2.40. The first kappa shape index (κ1) is 8.15. The monoisotopic (exact) mass is 158 g/mol. The molecule has 0 spiro atoms. The van der Waals surface area contributed by atoms with Gasteiger partial charge in [-0.05, 0) is 24.2 Å². The van der Waals surface area contributed by atoms with Crippen molar-refractivity contribution in [3.8, 4) is 0 Å². The first-order valence-corrected chi connectivity index (χ1v) is 4.84. The van der Waals surface area contributed by atoms with Crippen molar-refractivity contribution in [1.29, 1.82) is 0 Å². The zero-order chi connectivity index (χ0) is 7.40. The van der Waals surface area contributed by atoms with Crippen LogP contribution in [0.1, 0.15) is 19.8 Å². The van der Waals surface area contributed by atoms with Crippen LogP contribution in [0, 0.1) is 5.92 Å². The maximum atomic E-state index is 9.28. The molecule has 1 heterocycles. The minimum Gasteiger partial charge on any atom is -0.393 e. The Labute approximate surface area is 66.5 Å². The molecule has 1 nitrogen and oxygen atoms in total. The lowest BCUT2D eigenvalue weighted by molar-refractivity contribution is 0.150. The number of aliphatic hydroxyl groups excluding tert-OH is 1. The second kappa shape index (κ2) is 4.04. The van der Waals surface area contributed by atoms with Crippen molar-refractivity contribution in [3.05, 3.63) is 11.5 Å². The fraction of sp³-hybridized carbons (Fsp3) is 0.750. The summed E-state index contributed by atoms with van der Waals surface area (Å²) in [6, 6.07) is 0. The predicted molar refractivity (Wildman–Crippen MR) is 46.0 cm³/mol. The molecule has 1 rings (SSSR count). The smallest absolute Gasteiger partial charge is 0.0543 e. The summed E-state index contributed by atoms with van der Waals surface area (Å²) in [6.45, 7) is 2.02. The molecular formula is C8H14OS. The zero-order valence-electron chi connectivity index (χ0n) is 6.29. The maximum Gasteiger partial charge on any atom is 0.0543 e. The molecule has 0 bridgehead atoms. The quantitative estimate of drug-likeness (QED) is 0.678. The maximum absolute atomic E-state index is 9.28. The van der Waals surface area contributed by atoms with Gasteiger partial charge >= 0.3 is 0 Å². The third-order valence-corrected chi connectivity index (χ3v) is 2.77. The van der Waals surface area contributed by atoms with Gasteiger partial charge in [-0.1, -0.05) is 13.0 Å². The Morgan fingerprint density at radius 2 is 2.60 bits per heavy atom. The van der Waals surface area contributed by atoms with Gasteiger partial charge < -0.3 is 5.11 Å². The molecule has 0 aliphatic carbocycles. The van der Waals surface area contributed by atoms with Crippen molar-refractivity contribution in [1.82, 2.24) is 0 Å². The highest BCUT2D eigenvalue weighted by molar-refractivity contribution is 8.02. The van der Waals surface area contributed by atoms with Crippen LogP contribution in [0.4, 0.5) is 0 Å². The summed E-state index contributed by atoms with van der Waals surface area (Å²) < 4.78 is 0. The zero-order valence-corrected chi connectivity index (χ0v) is 7.10. The van der Waals surface area contributed by atoms with E-state index in [9.17, 15) is 5.11 Å². The third-order valence-electron chi connectivity index (χ3n) is 1.80. The van der Waals surface area contributed by atoms with E-state index in [1.165, 1.54) is 0 Å². The Morgan fingerprint density at radius 3 is 3.10 bits per heavy atom. The molecule has 2 heteroatoms. The molecule has 0 fully saturated rings. The van der Waals surface area contributed by atoms with Gasteiger partial charge in [-0.25, -0.2) is 0 Å². The van der Waals surface area contributed by atoms with E-state index in [1.807, 2.05) is 18.7 Å². The van der Waals surface area contributed by atoms with Gasteiger partial charge in [0.25, 0.3) is 0 Å². The van der Waals surface area contributed by atoms with Crippen LogP contribution in [0.3, 0.4) is 0 Å². The van der Waals surface area contributed by atoms with Gasteiger partial charge in [0.05, 0.1) is 6.10 Å². The summed E-state index contributed by atoms with van der Waals surface area (Å²) >= 11 is 1.84. The van der Waals surface area contributed by atoms with Gasteiger partial charge in [0.2, 0.25) is 0 Å². The highest BCUT2D eigenvalue weighted by atomic mass is 32.2. The number of allylic oxidation sites excluding steroid dienone is 1. The average molecular weight is 158 g/mol. The fourth-order valence-corrected chi connectivity index (χ4v) is 2.00. The Morgan fingerprint density at radius 1 is 1.80 bits per heavy atom. The van der Waals surface area contributed by atoms with Crippen molar-refractivity contribution >= 4 is 11.8 Å². The molecule has 0 aromatic heterocycles. The molecule has 0 radical (unpaired) electrons. The van der Waals surface area contributed by atoms with E-state index in [0.29, 0.717) is 5.92 Å². The van der Waals surface area contributed by atoms with Crippen molar-refractivity contribution in [3.63, 3.8) is 0 Å². The van der Waals surface area contributed by atoms with Crippen LogP contribution < -0.4 is 0 Å². The summed E-state index contributed by atoms with van der Waals surface area (Å²) in [5.41, 5.74) is 0. The highest BCUT2D eigenvalue weighted by Crippen LogP contribution is 2.24. The lowest BCUT2D eigenvalue weighted by Gasteiger charge is -2.10. The van der Waals surface area contributed by atoms with E-state index in [2.05, 4.69) is 11.5 Å². The summed E-state index contributed by atoms with van der Waals surface area (Å²) in [5, 5.41) is 11.4. The number of hydrogen-bond donors (Lipinski definition) is 1. The largest absolute Gasteiger partial charge is 0.393 e. The van der Waals surface area contributed by atoms with Gasteiger partial charge in [-0.2, -0.15) is 0 Å². The van der Waals surface area contributed by atoms with Gasteiger partial charge in [0, 0.05) is 5.75 Å². The molecule has 0 saturated carbocycles. The van der Waals surface area contributed by atoms with Crippen LogP contribution in [0.15, 0.2) is 11.5 Å². The Hall–Kier alpha value is 0.0500. The van der Waals surface area contributed by atoms with E-state index in [4.69, 9.17) is 0 Å². The summed E-state index contributed by atoms with van der Waals surface area (Å²) in [4.78, 5) is 0. The lowest BCUT2D eigenvalue weighted by Crippen LogP contribution is -2.10. The number of thioether (sulfide) groups is 1. The van der Waals surface area contributed by atoms with Crippen LogP contribution >= 0.6 is 11.8 Å². The van der Waals surface area contributed by atoms with Gasteiger partial charge in [0.15, 0.2) is 0 Å². The molecule has 0 amide bonds. The van der Waals surface area contributed by atoms with Crippen LogP contribution in [-0.4, -0.2) is 17.0 Å². The van der Waals surface area contributed by atoms with Gasteiger partial charge in [-0.3, -0.25) is 0 Å². The van der Waals surface area contributed by atoms with Gasteiger partial charge in [-0.15, -0.1) is 11.8 Å². The molecule has 2 unspecified atom stereocenters. The van der Waals surface area contributed by atoms with E-state index in [0.717, 1.165) is 18.6 Å². The molecule has 1 aliphatic heterocycles. The normalized spacial score (nSPS) is 27.2. The van der Waals surface area contributed by atoms with Crippen LogP contribution in [-0.2, 0) is 0 Å². The SMILES string of the molecule is CCC(O)CC1C=CSC1. The Balaban J connectivity index is 2.18. The molecule has 0 aromatic carbocycles. The first-order chi connectivity index (χ1) is 4.83.